The summed E-state index contributed by atoms with van der Waals surface area (Å²) in [6, 6.07) is 2.99. The van der Waals surface area contributed by atoms with E-state index < -0.39 is 11.8 Å². The molecule has 2 nitrogen and oxygen atoms in total. The lowest BCUT2D eigenvalue weighted by Gasteiger charge is -2.07. The van der Waals surface area contributed by atoms with Crippen molar-refractivity contribution in [2.75, 3.05) is 6.61 Å². The smallest absolute Gasteiger partial charge is 0.341 e. The van der Waals surface area contributed by atoms with Crippen molar-refractivity contribution in [3.63, 3.8) is 0 Å². The fraction of sp³-hybridized carbons (Fsp3) is 0.300. The summed E-state index contributed by atoms with van der Waals surface area (Å²) in [6.45, 7) is 3.51. The summed E-state index contributed by atoms with van der Waals surface area (Å²) in [4.78, 5) is 11.3. The third kappa shape index (κ3) is 2.04. The summed E-state index contributed by atoms with van der Waals surface area (Å²) < 4.78 is 18.1. The lowest BCUT2D eigenvalue weighted by atomic mass is 10.1. The highest BCUT2D eigenvalue weighted by Crippen LogP contribution is 2.22. The zero-order valence-corrected chi connectivity index (χ0v) is 8.69. The van der Waals surface area contributed by atoms with Crippen LogP contribution in [0, 0.1) is 12.7 Å². The van der Waals surface area contributed by atoms with E-state index in [1.165, 1.54) is 6.07 Å². The number of hydrogen-bond donors (Lipinski definition) is 0. The van der Waals surface area contributed by atoms with Crippen LogP contribution in [0.15, 0.2) is 12.1 Å². The fourth-order valence-electron chi connectivity index (χ4n) is 1.10. The van der Waals surface area contributed by atoms with Crippen LogP contribution >= 0.6 is 11.6 Å². The Hall–Kier alpha value is -1.09. The van der Waals surface area contributed by atoms with Gasteiger partial charge >= 0.3 is 5.97 Å². The molecule has 0 atom stereocenters. The van der Waals surface area contributed by atoms with Gasteiger partial charge in [0.05, 0.1) is 17.2 Å². The molecule has 1 aromatic rings. The molecule has 0 saturated heterocycles. The topological polar surface area (TPSA) is 26.3 Å². The van der Waals surface area contributed by atoms with E-state index in [-0.39, 0.29) is 17.2 Å². The van der Waals surface area contributed by atoms with Crippen LogP contribution < -0.4 is 0 Å². The van der Waals surface area contributed by atoms with Crippen molar-refractivity contribution in [2.45, 2.75) is 13.8 Å². The monoisotopic (exact) mass is 216 g/mol. The van der Waals surface area contributed by atoms with Gasteiger partial charge in [-0.2, -0.15) is 0 Å². The molecule has 0 radical (unpaired) electrons. The Bertz CT molecular complexity index is 363. The van der Waals surface area contributed by atoms with Crippen LogP contribution in [0.25, 0.3) is 0 Å². The maximum atomic E-state index is 13.4. The second kappa shape index (κ2) is 4.42. The van der Waals surface area contributed by atoms with Gasteiger partial charge < -0.3 is 4.74 Å². The van der Waals surface area contributed by atoms with Gasteiger partial charge in [-0.15, -0.1) is 0 Å². The average molecular weight is 217 g/mol. The minimum atomic E-state index is -0.717. The Morgan fingerprint density at radius 1 is 1.57 bits per heavy atom. The predicted molar refractivity (Wildman–Crippen MR) is 52.1 cm³/mol. The van der Waals surface area contributed by atoms with Gasteiger partial charge in [0.2, 0.25) is 0 Å². The van der Waals surface area contributed by atoms with Gasteiger partial charge in [-0.05, 0) is 25.5 Å². The highest BCUT2D eigenvalue weighted by Gasteiger charge is 2.17. The van der Waals surface area contributed by atoms with Crippen LogP contribution in [0.5, 0.6) is 0 Å². The maximum Gasteiger partial charge on any atom is 0.341 e. The van der Waals surface area contributed by atoms with Gasteiger partial charge in [-0.1, -0.05) is 17.7 Å². The number of hydrogen-bond acceptors (Lipinski definition) is 2. The lowest BCUT2D eigenvalue weighted by molar-refractivity contribution is 0.0520. The first kappa shape index (κ1) is 11.0. The summed E-state index contributed by atoms with van der Waals surface area (Å²) in [5.74, 6) is -1.39. The number of esters is 1. The molecule has 0 saturated carbocycles. The van der Waals surface area contributed by atoms with Gasteiger partial charge in [0.1, 0.15) is 0 Å². The van der Waals surface area contributed by atoms with Crippen LogP contribution in [0.2, 0.25) is 5.02 Å². The third-order valence-corrected chi connectivity index (χ3v) is 2.07. The number of carbonyl (C=O) groups is 1. The van der Waals surface area contributed by atoms with Crippen molar-refractivity contribution in [1.29, 1.82) is 0 Å². The fourth-order valence-corrected chi connectivity index (χ4v) is 1.26. The molecule has 0 amide bonds. The molecule has 0 bridgehead atoms. The summed E-state index contributed by atoms with van der Waals surface area (Å²) in [5.41, 5.74) is 0.435. The number of rotatable bonds is 2. The van der Waals surface area contributed by atoms with E-state index in [2.05, 4.69) is 0 Å². The Morgan fingerprint density at radius 2 is 2.21 bits per heavy atom. The molecule has 0 spiro atoms. The van der Waals surface area contributed by atoms with E-state index in [4.69, 9.17) is 16.3 Å². The van der Waals surface area contributed by atoms with Crippen molar-refractivity contribution in [3.8, 4) is 0 Å². The minimum Gasteiger partial charge on any atom is -0.462 e. The highest BCUT2D eigenvalue weighted by atomic mass is 35.5. The second-order valence-corrected chi connectivity index (χ2v) is 3.18. The van der Waals surface area contributed by atoms with Crippen molar-refractivity contribution in [1.82, 2.24) is 0 Å². The number of aryl methyl sites for hydroxylation is 1. The van der Waals surface area contributed by atoms with Crippen LogP contribution in [-0.4, -0.2) is 12.6 Å². The Morgan fingerprint density at radius 3 is 2.79 bits per heavy atom. The summed E-state index contributed by atoms with van der Waals surface area (Å²) in [5, 5.41) is -0.0707. The third-order valence-electron chi connectivity index (χ3n) is 1.78. The summed E-state index contributed by atoms with van der Waals surface area (Å²) in [6.07, 6.45) is 0. The van der Waals surface area contributed by atoms with Crippen molar-refractivity contribution >= 4 is 17.6 Å². The molecule has 0 N–H and O–H groups in total. The van der Waals surface area contributed by atoms with E-state index in [1.807, 2.05) is 0 Å². The molecule has 1 rings (SSSR count). The summed E-state index contributed by atoms with van der Waals surface area (Å²) >= 11 is 5.55. The Kier molecular flexibility index (Phi) is 3.47. The Balaban J connectivity index is 3.18. The molecule has 1 aromatic carbocycles. The molecule has 76 valence electrons. The molecule has 0 aliphatic heterocycles. The molecular formula is C10H10ClFO2. The molecule has 0 aromatic heterocycles. The van der Waals surface area contributed by atoms with Crippen molar-refractivity contribution in [2.24, 2.45) is 0 Å². The first-order valence-electron chi connectivity index (χ1n) is 4.19. The zero-order chi connectivity index (χ0) is 10.7. The number of carbonyl (C=O) groups excluding carboxylic acids is 1. The number of ether oxygens (including phenoxy) is 1. The summed E-state index contributed by atoms with van der Waals surface area (Å²) in [7, 11) is 0. The van der Waals surface area contributed by atoms with Gasteiger partial charge in [0.15, 0.2) is 5.82 Å². The molecule has 0 aliphatic rings. The van der Waals surface area contributed by atoms with E-state index in [9.17, 15) is 9.18 Å². The minimum absolute atomic E-state index is 0.0707. The van der Waals surface area contributed by atoms with Crippen LogP contribution in [-0.2, 0) is 4.74 Å². The van der Waals surface area contributed by atoms with Gasteiger partial charge in [-0.25, -0.2) is 9.18 Å². The number of benzene rings is 1. The molecule has 0 aliphatic carbocycles. The standard InChI is InChI=1S/C10H10ClFO2/c1-3-14-10(13)8-6(2)4-5-7(11)9(8)12/h4-5H,3H2,1-2H3. The maximum absolute atomic E-state index is 13.4. The van der Waals surface area contributed by atoms with E-state index >= 15 is 0 Å². The van der Waals surface area contributed by atoms with E-state index in [1.54, 1.807) is 19.9 Å². The van der Waals surface area contributed by atoms with Gasteiger partial charge in [0, 0.05) is 0 Å². The quantitative estimate of drug-likeness (QED) is 0.711. The van der Waals surface area contributed by atoms with Crippen LogP contribution in [0.3, 0.4) is 0 Å². The normalized spacial score (nSPS) is 10.0. The highest BCUT2D eigenvalue weighted by molar-refractivity contribution is 6.31. The molecule has 4 heteroatoms. The van der Waals surface area contributed by atoms with Gasteiger partial charge in [-0.3, -0.25) is 0 Å². The molecule has 0 fully saturated rings. The Labute approximate surface area is 86.6 Å². The molecule has 0 unspecified atom stereocenters. The molecule has 14 heavy (non-hydrogen) atoms. The van der Waals surface area contributed by atoms with E-state index in [0.717, 1.165) is 0 Å². The molecular weight excluding hydrogens is 207 g/mol. The predicted octanol–water partition coefficient (Wildman–Crippen LogP) is 2.96. The second-order valence-electron chi connectivity index (χ2n) is 2.77. The van der Waals surface area contributed by atoms with E-state index in [0.29, 0.717) is 5.56 Å². The SMILES string of the molecule is CCOC(=O)c1c(C)ccc(Cl)c1F. The molecule has 0 heterocycles. The van der Waals surface area contributed by atoms with Crippen LogP contribution in [0.4, 0.5) is 4.39 Å². The average Bonchev–Trinajstić information content (AvgIpc) is 2.13. The van der Waals surface area contributed by atoms with Gasteiger partial charge in [0.25, 0.3) is 0 Å². The van der Waals surface area contributed by atoms with Crippen molar-refractivity contribution in [3.05, 3.63) is 34.1 Å². The largest absolute Gasteiger partial charge is 0.462 e. The van der Waals surface area contributed by atoms with Crippen molar-refractivity contribution < 1.29 is 13.9 Å². The zero-order valence-electron chi connectivity index (χ0n) is 7.93. The lowest BCUT2D eigenvalue weighted by Crippen LogP contribution is -2.09. The van der Waals surface area contributed by atoms with Crippen LogP contribution in [0.1, 0.15) is 22.8 Å². The first-order chi connectivity index (χ1) is 6.57. The number of halogens is 2. The first-order valence-corrected chi connectivity index (χ1v) is 4.57.